The van der Waals surface area contributed by atoms with Crippen LogP contribution in [0.25, 0.3) is 0 Å². The maximum absolute atomic E-state index is 11.1. The lowest BCUT2D eigenvalue weighted by molar-refractivity contribution is -0.384. The van der Waals surface area contributed by atoms with Gasteiger partial charge in [-0.2, -0.15) is 5.26 Å². The highest BCUT2D eigenvalue weighted by Crippen LogP contribution is 2.31. The molecule has 0 aliphatic carbocycles. The third-order valence-corrected chi connectivity index (χ3v) is 3.41. The topological polar surface area (TPSA) is 97.4 Å². The molecule has 7 nitrogen and oxygen atoms in total. The minimum Gasteiger partial charge on any atom is -0.486 e. The molecule has 0 saturated carbocycles. The Morgan fingerprint density at radius 3 is 2.83 bits per heavy atom. The first-order chi connectivity index (χ1) is 11.2. The SMILES string of the molecule is N#Cc1ccc(NCC2COc3ccccc3O2)c([N+](=O)[O-])c1. The molecule has 0 saturated heterocycles. The number of ether oxygens (including phenoxy) is 2. The van der Waals surface area contributed by atoms with Crippen molar-refractivity contribution in [1.29, 1.82) is 5.26 Å². The Labute approximate surface area is 132 Å². The summed E-state index contributed by atoms with van der Waals surface area (Å²) in [6, 6.07) is 13.5. The number of benzene rings is 2. The van der Waals surface area contributed by atoms with Crippen molar-refractivity contribution in [2.24, 2.45) is 0 Å². The van der Waals surface area contributed by atoms with E-state index in [0.29, 0.717) is 30.3 Å². The number of nitriles is 1. The van der Waals surface area contributed by atoms with Gasteiger partial charge in [0.25, 0.3) is 5.69 Å². The third-order valence-electron chi connectivity index (χ3n) is 3.41. The highest BCUT2D eigenvalue weighted by atomic mass is 16.6. The van der Waals surface area contributed by atoms with Crippen LogP contribution in [0.5, 0.6) is 11.5 Å². The lowest BCUT2D eigenvalue weighted by Crippen LogP contribution is -2.35. The maximum Gasteiger partial charge on any atom is 0.293 e. The van der Waals surface area contributed by atoms with Crippen molar-refractivity contribution in [3.8, 4) is 17.6 Å². The van der Waals surface area contributed by atoms with Crippen molar-refractivity contribution in [1.82, 2.24) is 0 Å². The van der Waals surface area contributed by atoms with Gasteiger partial charge in [-0.25, -0.2) is 0 Å². The van der Waals surface area contributed by atoms with Gasteiger partial charge in [0.05, 0.1) is 23.1 Å². The van der Waals surface area contributed by atoms with E-state index in [1.807, 2.05) is 30.3 Å². The molecule has 1 atom stereocenters. The van der Waals surface area contributed by atoms with Crippen LogP contribution < -0.4 is 14.8 Å². The van der Waals surface area contributed by atoms with Crippen molar-refractivity contribution in [3.05, 3.63) is 58.1 Å². The van der Waals surface area contributed by atoms with E-state index in [2.05, 4.69) is 5.32 Å². The van der Waals surface area contributed by atoms with Gasteiger partial charge in [0.15, 0.2) is 11.5 Å². The van der Waals surface area contributed by atoms with Crippen LogP contribution in [0.4, 0.5) is 11.4 Å². The molecule has 1 aliphatic heterocycles. The van der Waals surface area contributed by atoms with E-state index in [9.17, 15) is 10.1 Å². The monoisotopic (exact) mass is 311 g/mol. The number of hydrogen-bond donors (Lipinski definition) is 1. The fraction of sp³-hybridized carbons (Fsp3) is 0.188. The molecule has 0 aromatic heterocycles. The Kier molecular flexibility index (Phi) is 3.97. The van der Waals surface area contributed by atoms with Gasteiger partial charge >= 0.3 is 0 Å². The summed E-state index contributed by atoms with van der Waals surface area (Å²) in [5.74, 6) is 1.34. The Morgan fingerprint density at radius 2 is 2.09 bits per heavy atom. The molecule has 3 rings (SSSR count). The fourth-order valence-corrected chi connectivity index (χ4v) is 2.29. The van der Waals surface area contributed by atoms with Gasteiger partial charge in [-0.15, -0.1) is 0 Å². The average Bonchev–Trinajstić information content (AvgIpc) is 2.59. The second-order valence-electron chi connectivity index (χ2n) is 4.98. The number of para-hydroxylation sites is 2. The van der Waals surface area contributed by atoms with E-state index in [-0.39, 0.29) is 17.4 Å². The van der Waals surface area contributed by atoms with Crippen LogP contribution in [-0.2, 0) is 0 Å². The minimum atomic E-state index is -0.517. The summed E-state index contributed by atoms with van der Waals surface area (Å²) in [7, 11) is 0. The molecule has 116 valence electrons. The molecule has 2 aromatic rings. The Bertz CT molecular complexity index is 785. The molecule has 0 radical (unpaired) electrons. The molecule has 1 N–H and O–H groups in total. The van der Waals surface area contributed by atoms with Crippen molar-refractivity contribution in [3.63, 3.8) is 0 Å². The van der Waals surface area contributed by atoms with Gasteiger partial charge < -0.3 is 14.8 Å². The first-order valence-corrected chi connectivity index (χ1v) is 6.98. The minimum absolute atomic E-state index is 0.138. The van der Waals surface area contributed by atoms with E-state index < -0.39 is 4.92 Å². The molecule has 7 heteroatoms. The van der Waals surface area contributed by atoms with E-state index >= 15 is 0 Å². The predicted octanol–water partition coefficient (Wildman–Crippen LogP) is 2.72. The Hall–Kier alpha value is -3.27. The zero-order valence-corrected chi connectivity index (χ0v) is 12.1. The largest absolute Gasteiger partial charge is 0.486 e. The van der Waals surface area contributed by atoms with Crippen LogP contribution in [0.15, 0.2) is 42.5 Å². The van der Waals surface area contributed by atoms with Gasteiger partial charge in [0.1, 0.15) is 18.4 Å². The first-order valence-electron chi connectivity index (χ1n) is 6.98. The molecular formula is C16H13N3O4. The van der Waals surface area contributed by atoms with E-state index in [1.165, 1.54) is 18.2 Å². The predicted molar refractivity (Wildman–Crippen MR) is 82.7 cm³/mol. The second-order valence-corrected chi connectivity index (χ2v) is 4.98. The van der Waals surface area contributed by atoms with Gasteiger partial charge in [-0.3, -0.25) is 10.1 Å². The summed E-state index contributed by atoms with van der Waals surface area (Å²) >= 11 is 0. The normalized spacial score (nSPS) is 15.5. The summed E-state index contributed by atoms with van der Waals surface area (Å²) in [5.41, 5.74) is 0.450. The van der Waals surface area contributed by atoms with Gasteiger partial charge in [-0.1, -0.05) is 12.1 Å². The summed E-state index contributed by atoms with van der Waals surface area (Å²) in [5, 5.41) is 22.9. The summed E-state index contributed by atoms with van der Waals surface area (Å²) in [4.78, 5) is 10.6. The lowest BCUT2D eigenvalue weighted by Gasteiger charge is -2.26. The number of nitro benzene ring substituents is 1. The van der Waals surface area contributed by atoms with E-state index in [1.54, 1.807) is 0 Å². The Morgan fingerprint density at radius 1 is 1.30 bits per heavy atom. The quantitative estimate of drug-likeness (QED) is 0.688. The zero-order valence-electron chi connectivity index (χ0n) is 12.1. The van der Waals surface area contributed by atoms with Crippen LogP contribution in [0.2, 0.25) is 0 Å². The number of anilines is 1. The molecule has 1 heterocycles. The summed E-state index contributed by atoms with van der Waals surface area (Å²) in [6.45, 7) is 0.704. The lowest BCUT2D eigenvalue weighted by atomic mass is 10.2. The van der Waals surface area contributed by atoms with Gasteiger partial charge in [0, 0.05) is 6.07 Å². The van der Waals surface area contributed by atoms with Crippen LogP contribution in [-0.4, -0.2) is 24.2 Å². The molecule has 0 fully saturated rings. The molecule has 1 aliphatic rings. The Balaban J connectivity index is 1.70. The molecule has 2 aromatic carbocycles. The van der Waals surface area contributed by atoms with Crippen molar-refractivity contribution < 1.29 is 14.4 Å². The molecule has 0 bridgehead atoms. The molecule has 0 amide bonds. The van der Waals surface area contributed by atoms with E-state index in [4.69, 9.17) is 14.7 Å². The van der Waals surface area contributed by atoms with Crippen LogP contribution >= 0.6 is 0 Å². The summed E-state index contributed by atoms with van der Waals surface area (Å²) < 4.78 is 11.4. The summed E-state index contributed by atoms with van der Waals surface area (Å²) in [6.07, 6.45) is -0.264. The van der Waals surface area contributed by atoms with Crippen molar-refractivity contribution in [2.75, 3.05) is 18.5 Å². The first kappa shape index (κ1) is 14.7. The fourth-order valence-electron chi connectivity index (χ4n) is 2.29. The van der Waals surface area contributed by atoms with Gasteiger partial charge in [0.2, 0.25) is 0 Å². The molecular weight excluding hydrogens is 298 g/mol. The third kappa shape index (κ3) is 3.16. The number of nitrogens with zero attached hydrogens (tertiary/aromatic N) is 2. The zero-order chi connectivity index (χ0) is 16.2. The smallest absolute Gasteiger partial charge is 0.293 e. The van der Waals surface area contributed by atoms with E-state index in [0.717, 1.165) is 0 Å². The van der Waals surface area contributed by atoms with Crippen LogP contribution in [0.3, 0.4) is 0 Å². The van der Waals surface area contributed by atoms with Crippen molar-refractivity contribution >= 4 is 11.4 Å². The maximum atomic E-state index is 11.1. The number of nitrogens with one attached hydrogen (secondary N) is 1. The number of hydrogen-bond acceptors (Lipinski definition) is 6. The van der Waals surface area contributed by atoms with Gasteiger partial charge in [-0.05, 0) is 24.3 Å². The number of rotatable bonds is 4. The van der Waals surface area contributed by atoms with Crippen LogP contribution in [0.1, 0.15) is 5.56 Å². The highest BCUT2D eigenvalue weighted by molar-refractivity contribution is 5.64. The second kappa shape index (κ2) is 6.23. The standard InChI is InChI=1S/C16H13N3O4/c17-8-11-5-6-13(14(7-11)19(20)21)18-9-12-10-22-15-3-1-2-4-16(15)23-12/h1-7,12,18H,9-10H2. The average molecular weight is 311 g/mol. The molecule has 23 heavy (non-hydrogen) atoms. The number of fused-ring (bicyclic) bond motifs is 1. The molecule has 1 unspecified atom stereocenters. The number of nitro groups is 1. The van der Waals surface area contributed by atoms with Crippen molar-refractivity contribution in [2.45, 2.75) is 6.10 Å². The highest BCUT2D eigenvalue weighted by Gasteiger charge is 2.22. The van der Waals surface area contributed by atoms with Crippen LogP contribution in [0, 0.1) is 21.4 Å². The molecule has 0 spiro atoms.